The standard InChI is InChI=1S/C14H12N2O2/c17-13-5-1-4-12-10(7-16-14(12)13)9-18-11-3-2-6-15-8-11/h1-8,16-17H,9H2. The van der Waals surface area contributed by atoms with Gasteiger partial charge in [0.1, 0.15) is 18.1 Å². The number of hydrogen-bond acceptors (Lipinski definition) is 3. The zero-order chi connectivity index (χ0) is 12.4. The molecule has 0 aliphatic rings. The number of aromatic hydroxyl groups is 1. The molecule has 18 heavy (non-hydrogen) atoms. The summed E-state index contributed by atoms with van der Waals surface area (Å²) in [6, 6.07) is 9.12. The minimum atomic E-state index is 0.250. The molecule has 0 fully saturated rings. The molecule has 0 saturated carbocycles. The van der Waals surface area contributed by atoms with Gasteiger partial charge in [0, 0.05) is 23.3 Å². The minimum absolute atomic E-state index is 0.250. The number of pyridine rings is 1. The number of phenols is 1. The van der Waals surface area contributed by atoms with Crippen LogP contribution in [0.5, 0.6) is 11.5 Å². The number of nitrogens with one attached hydrogen (secondary N) is 1. The van der Waals surface area contributed by atoms with E-state index in [-0.39, 0.29) is 5.75 Å². The molecule has 3 aromatic rings. The summed E-state index contributed by atoms with van der Waals surface area (Å²) in [6.07, 6.45) is 5.23. The first-order valence-electron chi connectivity index (χ1n) is 5.65. The Bertz CT molecular complexity index is 662. The molecule has 0 aliphatic heterocycles. The highest BCUT2D eigenvalue weighted by Gasteiger charge is 2.07. The number of aromatic nitrogens is 2. The quantitative estimate of drug-likeness (QED) is 0.740. The van der Waals surface area contributed by atoms with E-state index in [9.17, 15) is 5.11 Å². The second-order valence-electron chi connectivity index (χ2n) is 3.99. The molecular weight excluding hydrogens is 228 g/mol. The van der Waals surface area contributed by atoms with Crippen molar-refractivity contribution in [2.45, 2.75) is 6.61 Å². The molecule has 2 heterocycles. The van der Waals surface area contributed by atoms with Crippen LogP contribution in [0.25, 0.3) is 10.9 Å². The molecule has 0 radical (unpaired) electrons. The Hall–Kier alpha value is -2.49. The van der Waals surface area contributed by atoms with E-state index in [4.69, 9.17) is 4.74 Å². The third-order valence-electron chi connectivity index (χ3n) is 2.81. The fraction of sp³-hybridized carbons (Fsp3) is 0.0714. The highest BCUT2D eigenvalue weighted by Crippen LogP contribution is 2.26. The first-order chi connectivity index (χ1) is 8.84. The molecule has 2 aromatic heterocycles. The number of benzene rings is 1. The fourth-order valence-corrected chi connectivity index (χ4v) is 1.91. The smallest absolute Gasteiger partial charge is 0.139 e. The van der Waals surface area contributed by atoms with Gasteiger partial charge in [0.2, 0.25) is 0 Å². The van der Waals surface area contributed by atoms with Crippen molar-refractivity contribution in [1.29, 1.82) is 0 Å². The van der Waals surface area contributed by atoms with Gasteiger partial charge in [-0.05, 0) is 18.2 Å². The Balaban J connectivity index is 1.85. The van der Waals surface area contributed by atoms with Crippen LogP contribution in [0.1, 0.15) is 5.56 Å². The monoisotopic (exact) mass is 240 g/mol. The number of ether oxygens (including phenoxy) is 1. The van der Waals surface area contributed by atoms with Crippen LogP contribution in [-0.4, -0.2) is 15.1 Å². The minimum Gasteiger partial charge on any atom is -0.506 e. The van der Waals surface area contributed by atoms with Crippen LogP contribution in [0.2, 0.25) is 0 Å². The lowest BCUT2D eigenvalue weighted by Gasteiger charge is -2.04. The van der Waals surface area contributed by atoms with E-state index >= 15 is 0 Å². The Labute approximate surface area is 104 Å². The van der Waals surface area contributed by atoms with Crippen molar-refractivity contribution in [1.82, 2.24) is 9.97 Å². The molecule has 90 valence electrons. The van der Waals surface area contributed by atoms with Crippen molar-refractivity contribution in [3.63, 3.8) is 0 Å². The number of nitrogens with zero attached hydrogens (tertiary/aromatic N) is 1. The second-order valence-corrected chi connectivity index (χ2v) is 3.99. The van der Waals surface area contributed by atoms with Gasteiger partial charge in [0.15, 0.2) is 0 Å². The Morgan fingerprint density at radius 2 is 2.17 bits per heavy atom. The molecule has 0 spiro atoms. The third kappa shape index (κ3) is 1.88. The second kappa shape index (κ2) is 4.41. The van der Waals surface area contributed by atoms with E-state index in [0.29, 0.717) is 6.61 Å². The van der Waals surface area contributed by atoms with Gasteiger partial charge in [-0.1, -0.05) is 12.1 Å². The van der Waals surface area contributed by atoms with E-state index < -0.39 is 0 Å². The summed E-state index contributed by atoms with van der Waals surface area (Å²) in [5, 5.41) is 10.7. The molecule has 0 unspecified atom stereocenters. The normalized spacial score (nSPS) is 10.7. The molecule has 2 N–H and O–H groups in total. The highest BCUT2D eigenvalue weighted by atomic mass is 16.5. The summed E-state index contributed by atoms with van der Waals surface area (Å²) in [6.45, 7) is 0.440. The van der Waals surface area contributed by atoms with Crippen LogP contribution < -0.4 is 4.74 Å². The van der Waals surface area contributed by atoms with Gasteiger partial charge in [-0.15, -0.1) is 0 Å². The van der Waals surface area contributed by atoms with E-state index in [1.54, 1.807) is 18.5 Å². The van der Waals surface area contributed by atoms with E-state index in [1.807, 2.05) is 30.5 Å². The molecule has 4 nitrogen and oxygen atoms in total. The lowest BCUT2D eigenvalue weighted by Crippen LogP contribution is -1.94. The summed E-state index contributed by atoms with van der Waals surface area (Å²) < 4.78 is 5.63. The van der Waals surface area contributed by atoms with Crippen molar-refractivity contribution >= 4 is 10.9 Å². The van der Waals surface area contributed by atoms with Gasteiger partial charge in [-0.2, -0.15) is 0 Å². The number of H-pyrrole nitrogens is 1. The first kappa shape index (κ1) is 10.7. The molecule has 0 amide bonds. The number of hydrogen-bond donors (Lipinski definition) is 2. The lowest BCUT2D eigenvalue weighted by molar-refractivity contribution is 0.306. The van der Waals surface area contributed by atoms with E-state index in [2.05, 4.69) is 9.97 Å². The molecule has 0 saturated heterocycles. The van der Waals surface area contributed by atoms with Crippen LogP contribution in [0, 0.1) is 0 Å². The maximum atomic E-state index is 9.69. The zero-order valence-electron chi connectivity index (χ0n) is 9.63. The van der Waals surface area contributed by atoms with E-state index in [1.165, 1.54) is 0 Å². The zero-order valence-corrected chi connectivity index (χ0v) is 9.63. The lowest BCUT2D eigenvalue weighted by atomic mass is 10.2. The predicted octanol–water partition coefficient (Wildman–Crippen LogP) is 2.85. The van der Waals surface area contributed by atoms with E-state index in [0.717, 1.165) is 22.2 Å². The van der Waals surface area contributed by atoms with Crippen molar-refractivity contribution in [2.75, 3.05) is 0 Å². The van der Waals surface area contributed by atoms with Crippen LogP contribution in [0.4, 0.5) is 0 Å². The molecule has 1 aromatic carbocycles. The predicted molar refractivity (Wildman–Crippen MR) is 68.5 cm³/mol. The van der Waals surface area contributed by atoms with Gasteiger partial charge < -0.3 is 14.8 Å². The van der Waals surface area contributed by atoms with Gasteiger partial charge >= 0.3 is 0 Å². The van der Waals surface area contributed by atoms with Crippen LogP contribution in [0.3, 0.4) is 0 Å². The van der Waals surface area contributed by atoms with Crippen LogP contribution in [0.15, 0.2) is 48.9 Å². The molecule has 4 heteroatoms. The molecule has 0 bridgehead atoms. The van der Waals surface area contributed by atoms with Crippen molar-refractivity contribution in [3.8, 4) is 11.5 Å². The van der Waals surface area contributed by atoms with Gasteiger partial charge in [-0.3, -0.25) is 4.98 Å². The summed E-state index contributed by atoms with van der Waals surface area (Å²) in [5.74, 6) is 0.979. The fourth-order valence-electron chi connectivity index (χ4n) is 1.91. The topological polar surface area (TPSA) is 58.1 Å². The average molecular weight is 240 g/mol. The van der Waals surface area contributed by atoms with Gasteiger partial charge in [-0.25, -0.2) is 0 Å². The molecule has 0 atom stereocenters. The van der Waals surface area contributed by atoms with Crippen LogP contribution >= 0.6 is 0 Å². The maximum Gasteiger partial charge on any atom is 0.139 e. The first-order valence-corrected chi connectivity index (χ1v) is 5.65. The Kier molecular flexibility index (Phi) is 2.61. The average Bonchev–Trinajstić information content (AvgIpc) is 2.82. The molecule has 0 aliphatic carbocycles. The van der Waals surface area contributed by atoms with Crippen molar-refractivity contribution < 1.29 is 9.84 Å². The number of phenolic OH excluding ortho intramolecular Hbond substituents is 1. The number of para-hydroxylation sites is 1. The third-order valence-corrected chi connectivity index (χ3v) is 2.81. The molecular formula is C14H12N2O2. The Morgan fingerprint density at radius 3 is 3.00 bits per heavy atom. The van der Waals surface area contributed by atoms with Gasteiger partial charge in [0.05, 0.1) is 11.7 Å². The number of rotatable bonds is 3. The number of fused-ring (bicyclic) bond motifs is 1. The maximum absolute atomic E-state index is 9.69. The largest absolute Gasteiger partial charge is 0.506 e. The van der Waals surface area contributed by atoms with Gasteiger partial charge in [0.25, 0.3) is 0 Å². The van der Waals surface area contributed by atoms with Crippen molar-refractivity contribution in [3.05, 3.63) is 54.5 Å². The Morgan fingerprint density at radius 1 is 1.22 bits per heavy atom. The van der Waals surface area contributed by atoms with Crippen molar-refractivity contribution in [2.24, 2.45) is 0 Å². The molecule has 3 rings (SSSR count). The summed E-state index contributed by atoms with van der Waals surface area (Å²) >= 11 is 0. The summed E-state index contributed by atoms with van der Waals surface area (Å²) in [5.41, 5.74) is 1.74. The number of aromatic amines is 1. The van der Waals surface area contributed by atoms with Crippen LogP contribution in [-0.2, 0) is 6.61 Å². The SMILES string of the molecule is Oc1cccc2c(COc3cccnc3)c[nH]c12. The summed E-state index contributed by atoms with van der Waals surface area (Å²) in [7, 11) is 0. The summed E-state index contributed by atoms with van der Waals surface area (Å²) in [4.78, 5) is 7.04. The highest BCUT2D eigenvalue weighted by molar-refractivity contribution is 5.87.